The monoisotopic (exact) mass is 231 g/mol. The second-order valence-electron chi connectivity index (χ2n) is 5.05. The molecule has 0 spiro atoms. The Bertz CT molecular complexity index is 171. The molecule has 0 rings (SSSR count). The van der Waals surface area contributed by atoms with Gasteiger partial charge in [0.1, 0.15) is 0 Å². The van der Waals surface area contributed by atoms with Crippen molar-refractivity contribution in [3.8, 4) is 0 Å². The Morgan fingerprint density at radius 3 is 2.12 bits per heavy atom. The van der Waals surface area contributed by atoms with Crippen molar-refractivity contribution in [2.24, 2.45) is 5.41 Å². The van der Waals surface area contributed by atoms with Gasteiger partial charge in [-0.15, -0.1) is 0 Å². The number of nitrogens with one attached hydrogen (secondary N) is 1. The fourth-order valence-electron chi connectivity index (χ4n) is 1.06. The van der Waals surface area contributed by atoms with Crippen LogP contribution in [0.2, 0.25) is 0 Å². The van der Waals surface area contributed by atoms with Gasteiger partial charge in [0.2, 0.25) is 0 Å². The zero-order valence-electron chi connectivity index (χ0n) is 12.0. The molecule has 0 atom stereocenters. The van der Waals surface area contributed by atoms with E-state index in [0.29, 0.717) is 12.0 Å². The van der Waals surface area contributed by atoms with Crippen LogP contribution in [0.15, 0.2) is 0 Å². The maximum atomic E-state index is 11.0. The minimum absolute atomic E-state index is 0.0439. The Morgan fingerprint density at radius 1 is 1.25 bits per heavy atom. The Balaban J connectivity index is 0. The third kappa shape index (κ3) is 15.7. The molecule has 0 aliphatic rings. The number of hydrogen-bond donors (Lipinski definition) is 1. The predicted molar refractivity (Wildman–Crippen MR) is 69.7 cm³/mol. The van der Waals surface area contributed by atoms with Crippen molar-refractivity contribution in [3.05, 3.63) is 0 Å². The molecule has 0 bridgehead atoms. The number of ether oxygens (including phenoxy) is 1. The second-order valence-corrected chi connectivity index (χ2v) is 5.05. The van der Waals surface area contributed by atoms with Crippen LogP contribution in [0.3, 0.4) is 0 Å². The first-order valence-electron chi connectivity index (χ1n) is 6.26. The molecule has 0 heterocycles. The fourth-order valence-corrected chi connectivity index (χ4v) is 1.06. The smallest absolute Gasteiger partial charge is 0.407 e. The van der Waals surface area contributed by atoms with Gasteiger partial charge in [0, 0.05) is 6.54 Å². The number of rotatable bonds is 4. The van der Waals surface area contributed by atoms with Gasteiger partial charge in [-0.2, -0.15) is 0 Å². The standard InChI is InChI=1S/C11H23NO2.C2H6/c1-9(2)14-10(13)12-8-6-7-11(3,4)5;1-2/h9H,6-8H2,1-5H3,(H,12,13);1-2H3. The Hall–Kier alpha value is -0.730. The molecule has 0 saturated heterocycles. The Kier molecular flexibility index (Phi) is 10.5. The molecule has 0 aliphatic heterocycles. The van der Waals surface area contributed by atoms with Gasteiger partial charge in [-0.3, -0.25) is 0 Å². The zero-order valence-corrected chi connectivity index (χ0v) is 12.0. The lowest BCUT2D eigenvalue weighted by Gasteiger charge is -2.17. The van der Waals surface area contributed by atoms with E-state index in [-0.39, 0.29) is 12.2 Å². The van der Waals surface area contributed by atoms with Crippen molar-refractivity contribution in [2.75, 3.05) is 6.54 Å². The largest absolute Gasteiger partial charge is 0.447 e. The molecule has 1 amide bonds. The summed E-state index contributed by atoms with van der Waals surface area (Å²) in [7, 11) is 0. The van der Waals surface area contributed by atoms with Gasteiger partial charge in [-0.1, -0.05) is 34.6 Å². The molecule has 16 heavy (non-hydrogen) atoms. The van der Waals surface area contributed by atoms with Crippen LogP contribution < -0.4 is 5.32 Å². The second kappa shape index (κ2) is 9.49. The van der Waals surface area contributed by atoms with Crippen LogP contribution in [0.25, 0.3) is 0 Å². The normalized spacial score (nSPS) is 10.5. The van der Waals surface area contributed by atoms with E-state index in [1.54, 1.807) is 0 Å². The Morgan fingerprint density at radius 2 is 1.75 bits per heavy atom. The van der Waals surface area contributed by atoms with Gasteiger partial charge in [-0.05, 0) is 32.1 Å². The van der Waals surface area contributed by atoms with Crippen molar-refractivity contribution < 1.29 is 9.53 Å². The van der Waals surface area contributed by atoms with Crippen LogP contribution in [0.1, 0.15) is 61.3 Å². The minimum atomic E-state index is -0.311. The van der Waals surface area contributed by atoms with E-state index in [4.69, 9.17) is 4.74 Å². The van der Waals surface area contributed by atoms with Crippen molar-refractivity contribution in [2.45, 2.75) is 67.4 Å². The highest BCUT2D eigenvalue weighted by Crippen LogP contribution is 2.19. The average Bonchev–Trinajstić information content (AvgIpc) is 2.13. The first kappa shape index (κ1) is 17.7. The van der Waals surface area contributed by atoms with Crippen molar-refractivity contribution >= 4 is 6.09 Å². The molecule has 0 aromatic carbocycles. The van der Waals surface area contributed by atoms with Crippen LogP contribution in [0.5, 0.6) is 0 Å². The van der Waals surface area contributed by atoms with Crippen molar-refractivity contribution in [1.82, 2.24) is 5.32 Å². The summed E-state index contributed by atoms with van der Waals surface area (Å²) in [6, 6.07) is 0. The molecule has 0 aromatic rings. The molecule has 0 unspecified atom stereocenters. The lowest BCUT2D eigenvalue weighted by atomic mass is 9.91. The van der Waals surface area contributed by atoms with E-state index in [9.17, 15) is 4.79 Å². The number of carbonyl (C=O) groups excluding carboxylic acids is 1. The summed E-state index contributed by atoms with van der Waals surface area (Å²) in [5.41, 5.74) is 0.337. The van der Waals surface area contributed by atoms with E-state index in [2.05, 4.69) is 26.1 Å². The molecule has 3 heteroatoms. The minimum Gasteiger partial charge on any atom is -0.447 e. The van der Waals surface area contributed by atoms with E-state index >= 15 is 0 Å². The summed E-state index contributed by atoms with van der Waals surface area (Å²) < 4.78 is 4.93. The topological polar surface area (TPSA) is 38.3 Å². The lowest BCUT2D eigenvalue weighted by Crippen LogP contribution is -2.28. The van der Waals surface area contributed by atoms with Gasteiger partial charge in [-0.25, -0.2) is 4.79 Å². The van der Waals surface area contributed by atoms with E-state index in [1.165, 1.54) is 0 Å². The molecule has 0 fully saturated rings. The highest BCUT2D eigenvalue weighted by atomic mass is 16.6. The molecule has 0 radical (unpaired) electrons. The van der Waals surface area contributed by atoms with E-state index in [0.717, 1.165) is 12.8 Å². The first-order valence-corrected chi connectivity index (χ1v) is 6.26. The van der Waals surface area contributed by atoms with E-state index < -0.39 is 0 Å². The summed E-state index contributed by atoms with van der Waals surface area (Å²) in [4.78, 5) is 11.0. The molecule has 0 aliphatic carbocycles. The molecular weight excluding hydrogens is 202 g/mol. The van der Waals surface area contributed by atoms with Crippen LogP contribution in [0, 0.1) is 5.41 Å². The molecule has 1 N–H and O–H groups in total. The van der Waals surface area contributed by atoms with Gasteiger partial charge >= 0.3 is 6.09 Å². The van der Waals surface area contributed by atoms with Gasteiger partial charge in [0.25, 0.3) is 0 Å². The number of hydrogen-bond acceptors (Lipinski definition) is 2. The third-order valence-corrected chi connectivity index (χ3v) is 1.72. The zero-order chi connectivity index (χ0) is 13.2. The van der Waals surface area contributed by atoms with Crippen LogP contribution in [0.4, 0.5) is 4.79 Å². The van der Waals surface area contributed by atoms with Crippen molar-refractivity contribution in [1.29, 1.82) is 0 Å². The lowest BCUT2D eigenvalue weighted by molar-refractivity contribution is 0.115. The number of alkyl carbamates (subject to hydrolysis) is 1. The van der Waals surface area contributed by atoms with Gasteiger partial charge in [0.05, 0.1) is 6.10 Å². The highest BCUT2D eigenvalue weighted by Gasteiger charge is 2.10. The first-order chi connectivity index (χ1) is 7.31. The number of amides is 1. The summed E-state index contributed by atoms with van der Waals surface area (Å²) >= 11 is 0. The fraction of sp³-hybridized carbons (Fsp3) is 0.923. The van der Waals surface area contributed by atoms with Crippen LogP contribution in [-0.2, 0) is 4.74 Å². The summed E-state index contributed by atoms with van der Waals surface area (Å²) in [5.74, 6) is 0. The maximum absolute atomic E-state index is 11.0. The van der Waals surface area contributed by atoms with Crippen molar-refractivity contribution in [3.63, 3.8) is 0 Å². The predicted octanol–water partition coefficient (Wildman–Crippen LogP) is 3.97. The van der Waals surface area contributed by atoms with Crippen LogP contribution >= 0.6 is 0 Å². The SMILES string of the molecule is CC.CC(C)OC(=O)NCCCC(C)(C)C. The third-order valence-electron chi connectivity index (χ3n) is 1.72. The molecule has 98 valence electrons. The molecule has 0 saturated carbocycles. The molecular formula is C13H29NO2. The van der Waals surface area contributed by atoms with E-state index in [1.807, 2.05) is 27.7 Å². The highest BCUT2D eigenvalue weighted by molar-refractivity contribution is 5.67. The quantitative estimate of drug-likeness (QED) is 0.743. The van der Waals surface area contributed by atoms with Gasteiger partial charge < -0.3 is 10.1 Å². The maximum Gasteiger partial charge on any atom is 0.407 e. The summed E-state index contributed by atoms with van der Waals surface area (Å²) in [6.07, 6.45) is 1.75. The van der Waals surface area contributed by atoms with Gasteiger partial charge in [0.15, 0.2) is 0 Å². The number of carbonyl (C=O) groups is 1. The average molecular weight is 231 g/mol. The molecule has 0 aromatic heterocycles. The van der Waals surface area contributed by atoms with Crippen LogP contribution in [-0.4, -0.2) is 18.7 Å². The summed E-state index contributed by atoms with van der Waals surface area (Å²) in [6.45, 7) is 15.0. The molecule has 3 nitrogen and oxygen atoms in total. The summed E-state index contributed by atoms with van der Waals surface area (Å²) in [5, 5.41) is 2.73. The Labute approximate surface area is 101 Å².